The predicted molar refractivity (Wildman–Crippen MR) is 150 cm³/mol. The molecule has 2 aliphatic heterocycles. The monoisotopic (exact) mass is 510 g/mol. The van der Waals surface area contributed by atoms with Crippen LogP contribution in [0.25, 0.3) is 5.69 Å². The van der Waals surface area contributed by atoms with Gasteiger partial charge in [-0.1, -0.05) is 6.07 Å². The van der Waals surface area contributed by atoms with Crippen molar-refractivity contribution in [3.8, 4) is 5.69 Å². The molecule has 1 N–H and O–H groups in total. The third-order valence-corrected chi connectivity index (χ3v) is 7.61. The maximum absolute atomic E-state index is 5.95. The third-order valence-electron chi connectivity index (χ3n) is 7.30. The van der Waals surface area contributed by atoms with Gasteiger partial charge in [0.25, 0.3) is 0 Å². The highest BCUT2D eigenvalue weighted by Crippen LogP contribution is 2.44. The van der Waals surface area contributed by atoms with E-state index in [1.807, 2.05) is 30.6 Å². The van der Waals surface area contributed by atoms with E-state index in [2.05, 4.69) is 81.0 Å². The number of nitrogens with one attached hydrogen (secondary N) is 1. The molecule has 0 spiro atoms. The zero-order chi connectivity index (χ0) is 25.4. The summed E-state index contributed by atoms with van der Waals surface area (Å²) in [6.45, 7) is 7.67. The van der Waals surface area contributed by atoms with Crippen molar-refractivity contribution >= 4 is 28.7 Å². The van der Waals surface area contributed by atoms with Crippen molar-refractivity contribution in [3.63, 3.8) is 0 Å². The summed E-state index contributed by atoms with van der Waals surface area (Å²) in [5, 5.41) is 4.29. The number of morpholine rings is 1. The van der Waals surface area contributed by atoms with Crippen molar-refractivity contribution in [2.24, 2.45) is 0 Å². The minimum atomic E-state index is -0.0875. The molecule has 0 amide bonds. The van der Waals surface area contributed by atoms with Crippen LogP contribution in [0.2, 0.25) is 0 Å². The fourth-order valence-electron chi connectivity index (χ4n) is 5.56. The SMILES string of the molecule is Cc1cc([C@@H]2[C@H](c3ccccn3)NC(=S)N2c2ccc(N3CCOCC3)cc2)c(C)n1-c1cccnc1. The third kappa shape index (κ3) is 4.36. The van der Waals surface area contributed by atoms with Gasteiger partial charge in [0.15, 0.2) is 5.11 Å². The summed E-state index contributed by atoms with van der Waals surface area (Å²) in [4.78, 5) is 13.7. The van der Waals surface area contributed by atoms with Gasteiger partial charge in [0.1, 0.15) is 0 Å². The van der Waals surface area contributed by atoms with E-state index in [0.717, 1.165) is 54.8 Å². The predicted octanol–water partition coefficient (Wildman–Crippen LogP) is 4.90. The molecule has 8 heteroatoms. The molecule has 1 aromatic carbocycles. The lowest BCUT2D eigenvalue weighted by atomic mass is 9.96. The van der Waals surface area contributed by atoms with Crippen molar-refractivity contribution in [2.75, 3.05) is 36.1 Å². The van der Waals surface area contributed by atoms with Crippen LogP contribution in [-0.4, -0.2) is 46.0 Å². The molecule has 5 heterocycles. The summed E-state index contributed by atoms with van der Waals surface area (Å²) in [5.74, 6) is 0. The Hall–Kier alpha value is -3.75. The van der Waals surface area contributed by atoms with Gasteiger partial charge in [0, 0.05) is 48.2 Å². The first-order valence-corrected chi connectivity index (χ1v) is 13.1. The number of rotatable bonds is 5. The van der Waals surface area contributed by atoms with Gasteiger partial charge in [-0.2, -0.15) is 0 Å². The Morgan fingerprint density at radius 1 is 0.919 bits per heavy atom. The Morgan fingerprint density at radius 3 is 2.41 bits per heavy atom. The largest absolute Gasteiger partial charge is 0.378 e. The highest BCUT2D eigenvalue weighted by Gasteiger charge is 2.42. The first kappa shape index (κ1) is 23.6. The van der Waals surface area contributed by atoms with Gasteiger partial charge >= 0.3 is 0 Å². The van der Waals surface area contributed by atoms with E-state index in [1.54, 1.807) is 6.20 Å². The lowest BCUT2D eigenvalue weighted by Gasteiger charge is -2.31. The average Bonchev–Trinajstić information content (AvgIpc) is 3.45. The normalized spacial score (nSPS) is 19.8. The molecular weight excluding hydrogens is 480 g/mol. The van der Waals surface area contributed by atoms with Crippen molar-refractivity contribution in [1.82, 2.24) is 19.9 Å². The highest BCUT2D eigenvalue weighted by molar-refractivity contribution is 7.80. The number of benzene rings is 1. The summed E-state index contributed by atoms with van der Waals surface area (Å²) in [6, 6.07) is 21.0. The second-order valence-corrected chi connectivity index (χ2v) is 9.87. The second-order valence-electron chi connectivity index (χ2n) is 9.49. The molecule has 37 heavy (non-hydrogen) atoms. The van der Waals surface area contributed by atoms with Crippen molar-refractivity contribution in [2.45, 2.75) is 25.9 Å². The van der Waals surface area contributed by atoms with Gasteiger partial charge in [-0.15, -0.1) is 0 Å². The van der Waals surface area contributed by atoms with E-state index in [9.17, 15) is 0 Å². The number of hydrogen-bond acceptors (Lipinski definition) is 5. The summed E-state index contributed by atoms with van der Waals surface area (Å²) < 4.78 is 7.79. The van der Waals surface area contributed by atoms with Crippen LogP contribution < -0.4 is 15.1 Å². The average molecular weight is 511 g/mol. The molecule has 6 rings (SSSR count). The quantitative estimate of drug-likeness (QED) is 0.383. The molecule has 2 atom stereocenters. The minimum Gasteiger partial charge on any atom is -0.378 e. The first-order chi connectivity index (χ1) is 18.1. The van der Waals surface area contributed by atoms with Crippen molar-refractivity contribution in [3.05, 3.63) is 102 Å². The molecule has 2 aliphatic rings. The number of anilines is 2. The Labute approximate surface area is 222 Å². The molecule has 3 aromatic heterocycles. The maximum atomic E-state index is 5.95. The van der Waals surface area contributed by atoms with Gasteiger partial charge in [0.2, 0.25) is 0 Å². The van der Waals surface area contributed by atoms with E-state index in [-0.39, 0.29) is 12.1 Å². The van der Waals surface area contributed by atoms with Crippen LogP contribution in [0.1, 0.15) is 34.7 Å². The highest BCUT2D eigenvalue weighted by atomic mass is 32.1. The van der Waals surface area contributed by atoms with Crippen molar-refractivity contribution < 1.29 is 4.74 Å². The molecule has 7 nitrogen and oxygen atoms in total. The Kier molecular flexibility index (Phi) is 6.36. The molecule has 0 saturated carbocycles. The van der Waals surface area contributed by atoms with Crippen LogP contribution in [0.15, 0.2) is 79.3 Å². The van der Waals surface area contributed by atoms with Crippen molar-refractivity contribution in [1.29, 1.82) is 0 Å². The first-order valence-electron chi connectivity index (χ1n) is 12.6. The van der Waals surface area contributed by atoms with E-state index in [0.29, 0.717) is 5.11 Å². The summed E-state index contributed by atoms with van der Waals surface area (Å²) >= 11 is 5.95. The topological polar surface area (TPSA) is 58.5 Å². The number of pyridine rings is 2. The fourth-order valence-corrected chi connectivity index (χ4v) is 5.91. The van der Waals surface area contributed by atoms with E-state index in [4.69, 9.17) is 21.9 Å². The molecule has 4 aromatic rings. The fraction of sp³-hybridized carbons (Fsp3) is 0.276. The Morgan fingerprint density at radius 2 is 1.70 bits per heavy atom. The summed E-state index contributed by atoms with van der Waals surface area (Å²) in [5.41, 5.74) is 7.81. The Balaban J connectivity index is 1.43. The molecule has 2 saturated heterocycles. The smallest absolute Gasteiger partial charge is 0.174 e. The van der Waals surface area contributed by atoms with Crippen LogP contribution in [0.3, 0.4) is 0 Å². The number of ether oxygens (including phenoxy) is 1. The van der Waals surface area contributed by atoms with Crippen LogP contribution in [-0.2, 0) is 4.74 Å². The zero-order valence-corrected chi connectivity index (χ0v) is 21.9. The molecule has 0 aliphatic carbocycles. The van der Waals surface area contributed by atoms with Crippen LogP contribution in [0, 0.1) is 13.8 Å². The lowest BCUT2D eigenvalue weighted by molar-refractivity contribution is 0.122. The van der Waals surface area contributed by atoms with Gasteiger partial charge in [-0.25, -0.2) is 0 Å². The molecule has 2 fully saturated rings. The van der Waals surface area contributed by atoms with Gasteiger partial charge < -0.3 is 24.4 Å². The number of hydrogen-bond donors (Lipinski definition) is 1. The Bertz CT molecular complexity index is 1380. The van der Waals surface area contributed by atoms with Gasteiger partial charge in [-0.05, 0) is 86.2 Å². The summed E-state index contributed by atoms with van der Waals surface area (Å²) in [6.07, 6.45) is 5.55. The number of thiocarbonyl (C=S) groups is 1. The van der Waals surface area contributed by atoms with Crippen LogP contribution >= 0.6 is 12.2 Å². The van der Waals surface area contributed by atoms with Crippen LogP contribution in [0.4, 0.5) is 11.4 Å². The molecule has 0 bridgehead atoms. The molecule has 0 unspecified atom stereocenters. The lowest BCUT2D eigenvalue weighted by Crippen LogP contribution is -2.36. The van der Waals surface area contributed by atoms with Gasteiger partial charge in [0.05, 0.1) is 42.9 Å². The van der Waals surface area contributed by atoms with E-state index < -0.39 is 0 Å². The molecular formula is C29H30N6OS. The van der Waals surface area contributed by atoms with Gasteiger partial charge in [-0.3, -0.25) is 9.97 Å². The number of aryl methyl sites for hydroxylation is 1. The second kappa shape index (κ2) is 9.95. The molecule has 0 radical (unpaired) electrons. The maximum Gasteiger partial charge on any atom is 0.174 e. The standard InChI is InChI=1S/C29H30N6OS/c1-20-18-25(21(2)34(20)24-6-5-12-30-19-24)28-27(26-7-3-4-13-31-26)32-29(37)35(28)23-10-8-22(9-11-23)33-14-16-36-17-15-33/h3-13,18-19,27-28H,14-17H2,1-2H3,(H,32,37)/t27-,28+/m0/s1. The number of nitrogens with zero attached hydrogens (tertiary/aromatic N) is 5. The minimum absolute atomic E-state index is 0.0618. The molecule has 188 valence electrons. The summed E-state index contributed by atoms with van der Waals surface area (Å²) in [7, 11) is 0. The number of aromatic nitrogens is 3. The van der Waals surface area contributed by atoms with E-state index >= 15 is 0 Å². The van der Waals surface area contributed by atoms with E-state index in [1.165, 1.54) is 11.3 Å². The zero-order valence-electron chi connectivity index (χ0n) is 21.0. The van der Waals surface area contributed by atoms with Crippen LogP contribution in [0.5, 0.6) is 0 Å².